The third-order valence-electron chi connectivity index (χ3n) is 1.69. The highest BCUT2D eigenvalue weighted by atomic mass is 35.5. The molecule has 0 saturated carbocycles. The smallest absolute Gasteiger partial charge is 0.266 e. The van der Waals surface area contributed by atoms with Crippen molar-refractivity contribution in [1.29, 1.82) is 0 Å². The van der Waals surface area contributed by atoms with Crippen LogP contribution in [0.25, 0.3) is 11.1 Å². The number of alkyl halides is 1. The van der Waals surface area contributed by atoms with Crippen molar-refractivity contribution in [2.24, 2.45) is 0 Å². The second kappa shape index (κ2) is 2.92. The van der Waals surface area contributed by atoms with Crippen molar-refractivity contribution < 1.29 is 4.42 Å². The van der Waals surface area contributed by atoms with Crippen molar-refractivity contribution in [3.63, 3.8) is 0 Å². The Hall–Kier alpha value is -0.800. The topological polar surface area (TPSA) is 28.9 Å². The van der Waals surface area contributed by atoms with Gasteiger partial charge in [0.1, 0.15) is 0 Å². The van der Waals surface area contributed by atoms with E-state index in [1.807, 2.05) is 18.2 Å². The first-order valence-electron chi connectivity index (χ1n) is 3.48. The van der Waals surface area contributed by atoms with E-state index in [0.717, 1.165) is 16.7 Å². The van der Waals surface area contributed by atoms with Gasteiger partial charge in [-0.05, 0) is 23.8 Å². The quantitative estimate of drug-likeness (QED) is 0.564. The SMILES string of the molecule is S=c1[nH]c2c(CCl)cccc2o1. The van der Waals surface area contributed by atoms with Crippen LogP contribution in [0.3, 0.4) is 0 Å². The molecule has 4 heteroatoms. The molecule has 0 aliphatic carbocycles. The molecule has 1 aromatic carbocycles. The number of aromatic amines is 1. The molecule has 0 aliphatic rings. The van der Waals surface area contributed by atoms with E-state index < -0.39 is 0 Å². The summed E-state index contributed by atoms with van der Waals surface area (Å²) in [6.45, 7) is 0. The van der Waals surface area contributed by atoms with Gasteiger partial charge in [0.25, 0.3) is 4.84 Å². The van der Waals surface area contributed by atoms with Gasteiger partial charge in [0.15, 0.2) is 5.58 Å². The molecule has 0 spiro atoms. The summed E-state index contributed by atoms with van der Waals surface area (Å²) >= 11 is 10.6. The zero-order chi connectivity index (χ0) is 8.55. The van der Waals surface area contributed by atoms with E-state index >= 15 is 0 Å². The predicted molar refractivity (Wildman–Crippen MR) is 51.0 cm³/mol. The van der Waals surface area contributed by atoms with Gasteiger partial charge in [-0.15, -0.1) is 11.6 Å². The molecule has 1 N–H and O–H groups in total. The normalized spacial score (nSPS) is 10.8. The molecule has 0 bridgehead atoms. The summed E-state index contributed by atoms with van der Waals surface area (Å²) in [5, 5.41) is 0. The number of benzene rings is 1. The molecule has 0 aliphatic heterocycles. The van der Waals surface area contributed by atoms with Crippen LogP contribution >= 0.6 is 23.8 Å². The standard InChI is InChI=1S/C8H6ClNOS/c9-4-5-2-1-3-6-7(5)10-8(12)11-6/h1-3H,4H2,(H,10,12). The summed E-state index contributed by atoms with van der Waals surface area (Å²) in [6, 6.07) is 5.69. The average Bonchev–Trinajstić information content (AvgIpc) is 2.44. The fourth-order valence-electron chi connectivity index (χ4n) is 1.14. The Bertz CT molecular complexity index is 459. The Balaban J connectivity index is 2.87. The third kappa shape index (κ3) is 1.15. The highest BCUT2D eigenvalue weighted by Crippen LogP contribution is 2.18. The molecule has 0 atom stereocenters. The fourth-order valence-corrected chi connectivity index (χ4v) is 1.56. The number of oxazole rings is 1. The number of fused-ring (bicyclic) bond motifs is 1. The summed E-state index contributed by atoms with van der Waals surface area (Å²) in [5.41, 5.74) is 2.67. The Morgan fingerprint density at radius 1 is 1.50 bits per heavy atom. The van der Waals surface area contributed by atoms with Gasteiger partial charge in [-0.25, -0.2) is 0 Å². The van der Waals surface area contributed by atoms with E-state index in [1.165, 1.54) is 0 Å². The van der Waals surface area contributed by atoms with Crippen LogP contribution in [0.5, 0.6) is 0 Å². The summed E-state index contributed by atoms with van der Waals surface area (Å²) in [7, 11) is 0. The first kappa shape index (κ1) is 7.83. The van der Waals surface area contributed by atoms with E-state index in [-0.39, 0.29) is 0 Å². The number of halogens is 1. The molecule has 0 fully saturated rings. The maximum absolute atomic E-state index is 5.72. The zero-order valence-corrected chi connectivity index (χ0v) is 7.71. The minimum atomic E-state index is 0.391. The lowest BCUT2D eigenvalue weighted by Gasteiger charge is -1.93. The molecular weight excluding hydrogens is 194 g/mol. The van der Waals surface area contributed by atoms with Crippen LogP contribution in [0.1, 0.15) is 5.56 Å². The van der Waals surface area contributed by atoms with Crippen molar-refractivity contribution in [2.45, 2.75) is 5.88 Å². The molecule has 2 rings (SSSR count). The molecule has 1 aromatic heterocycles. The monoisotopic (exact) mass is 199 g/mol. The van der Waals surface area contributed by atoms with E-state index in [0.29, 0.717) is 10.7 Å². The first-order chi connectivity index (χ1) is 5.81. The number of hydrogen-bond donors (Lipinski definition) is 1. The molecule has 0 amide bonds. The maximum atomic E-state index is 5.72. The van der Waals surface area contributed by atoms with Gasteiger partial charge in [0, 0.05) is 5.88 Å². The lowest BCUT2D eigenvalue weighted by molar-refractivity contribution is 0.583. The van der Waals surface area contributed by atoms with Gasteiger partial charge in [0.2, 0.25) is 0 Å². The van der Waals surface area contributed by atoms with Crippen molar-refractivity contribution in [2.75, 3.05) is 0 Å². The van der Waals surface area contributed by atoms with Gasteiger partial charge < -0.3 is 9.40 Å². The van der Waals surface area contributed by atoms with Crippen LogP contribution in [0, 0.1) is 4.84 Å². The molecule has 0 unspecified atom stereocenters. The highest BCUT2D eigenvalue weighted by Gasteiger charge is 2.02. The van der Waals surface area contributed by atoms with Gasteiger partial charge in [-0.1, -0.05) is 12.1 Å². The van der Waals surface area contributed by atoms with Crippen LogP contribution in [-0.4, -0.2) is 4.98 Å². The fraction of sp³-hybridized carbons (Fsp3) is 0.125. The van der Waals surface area contributed by atoms with Crippen molar-refractivity contribution in [3.8, 4) is 0 Å². The Morgan fingerprint density at radius 2 is 2.33 bits per heavy atom. The van der Waals surface area contributed by atoms with E-state index in [4.69, 9.17) is 28.2 Å². The lowest BCUT2D eigenvalue weighted by Crippen LogP contribution is -1.78. The number of nitrogens with one attached hydrogen (secondary N) is 1. The van der Waals surface area contributed by atoms with Crippen molar-refractivity contribution in [3.05, 3.63) is 28.6 Å². The molecule has 1 heterocycles. The molecule has 0 saturated heterocycles. The highest BCUT2D eigenvalue weighted by molar-refractivity contribution is 7.71. The molecular formula is C8H6ClNOS. The van der Waals surface area contributed by atoms with Gasteiger partial charge >= 0.3 is 0 Å². The molecule has 62 valence electrons. The van der Waals surface area contributed by atoms with E-state index in [2.05, 4.69) is 4.98 Å². The van der Waals surface area contributed by atoms with Crippen molar-refractivity contribution >= 4 is 34.9 Å². The summed E-state index contributed by atoms with van der Waals surface area (Å²) < 4.78 is 5.21. The largest absolute Gasteiger partial charge is 0.429 e. The Morgan fingerprint density at radius 3 is 3.08 bits per heavy atom. The summed E-state index contributed by atoms with van der Waals surface area (Å²) in [5.74, 6) is 0.460. The van der Waals surface area contributed by atoms with Crippen LogP contribution in [0.15, 0.2) is 22.6 Å². The van der Waals surface area contributed by atoms with Crippen molar-refractivity contribution in [1.82, 2.24) is 4.98 Å². The minimum absolute atomic E-state index is 0.391. The Labute approximate surface area is 79.2 Å². The van der Waals surface area contributed by atoms with Gasteiger partial charge in [0.05, 0.1) is 5.52 Å². The number of para-hydroxylation sites is 1. The van der Waals surface area contributed by atoms with Crippen LogP contribution in [-0.2, 0) is 5.88 Å². The Kier molecular flexibility index (Phi) is 1.90. The molecule has 12 heavy (non-hydrogen) atoms. The maximum Gasteiger partial charge on any atom is 0.266 e. The lowest BCUT2D eigenvalue weighted by atomic mass is 10.2. The van der Waals surface area contributed by atoms with Gasteiger partial charge in [-0.3, -0.25) is 0 Å². The minimum Gasteiger partial charge on any atom is -0.429 e. The van der Waals surface area contributed by atoms with Gasteiger partial charge in [-0.2, -0.15) is 0 Å². The number of aromatic nitrogens is 1. The second-order valence-corrected chi connectivity index (χ2v) is 3.08. The number of H-pyrrole nitrogens is 1. The summed E-state index contributed by atoms with van der Waals surface area (Å²) in [4.78, 5) is 3.33. The zero-order valence-electron chi connectivity index (χ0n) is 6.13. The van der Waals surface area contributed by atoms with E-state index in [9.17, 15) is 0 Å². The summed E-state index contributed by atoms with van der Waals surface area (Å²) in [6.07, 6.45) is 0. The second-order valence-electron chi connectivity index (χ2n) is 2.44. The average molecular weight is 200 g/mol. The number of rotatable bonds is 1. The molecule has 2 nitrogen and oxygen atoms in total. The van der Waals surface area contributed by atoms with E-state index in [1.54, 1.807) is 0 Å². The third-order valence-corrected chi connectivity index (χ3v) is 2.16. The first-order valence-corrected chi connectivity index (χ1v) is 4.42. The van der Waals surface area contributed by atoms with Crippen LogP contribution in [0.2, 0.25) is 0 Å². The molecule has 0 radical (unpaired) electrons. The van der Waals surface area contributed by atoms with Crippen LogP contribution < -0.4 is 0 Å². The molecule has 2 aromatic rings. The number of hydrogen-bond acceptors (Lipinski definition) is 2. The van der Waals surface area contributed by atoms with Crippen LogP contribution in [0.4, 0.5) is 0 Å². The predicted octanol–water partition coefficient (Wildman–Crippen LogP) is 3.23.